The molecule has 3 saturated heterocycles. The molecular formula is C19H20N4O. The molecule has 0 saturated carbocycles. The van der Waals surface area contributed by atoms with Gasteiger partial charge in [0.1, 0.15) is 6.10 Å². The Bertz CT molecular complexity index is 849. The van der Waals surface area contributed by atoms with Gasteiger partial charge in [-0.1, -0.05) is 18.2 Å². The zero-order chi connectivity index (χ0) is 15.9. The van der Waals surface area contributed by atoms with Gasteiger partial charge in [-0.05, 0) is 44.0 Å². The van der Waals surface area contributed by atoms with Crippen LogP contribution in [0.3, 0.4) is 0 Å². The highest BCUT2D eigenvalue weighted by molar-refractivity contribution is 5.94. The summed E-state index contributed by atoms with van der Waals surface area (Å²) >= 11 is 0. The Morgan fingerprint density at radius 1 is 1.04 bits per heavy atom. The molecule has 5 nitrogen and oxygen atoms in total. The summed E-state index contributed by atoms with van der Waals surface area (Å²) in [4.78, 5) is 5.77. The molecule has 0 amide bonds. The monoisotopic (exact) mass is 320 g/mol. The second kappa shape index (κ2) is 5.60. The Morgan fingerprint density at radius 2 is 1.92 bits per heavy atom. The lowest BCUT2D eigenvalue weighted by Gasteiger charge is -2.44. The van der Waals surface area contributed by atoms with E-state index >= 15 is 0 Å². The number of para-hydroxylation sites is 1. The minimum absolute atomic E-state index is 0.265. The third-order valence-electron chi connectivity index (χ3n) is 5.37. The number of fused-ring (bicyclic) bond motifs is 4. The first kappa shape index (κ1) is 14.0. The molecule has 1 atom stereocenters. The lowest BCUT2D eigenvalue weighted by Crippen LogP contribution is -2.52. The molecule has 5 heteroatoms. The fraction of sp³-hybridized carbons (Fsp3) is 0.368. The highest BCUT2D eigenvalue weighted by atomic mass is 16.5. The summed E-state index contributed by atoms with van der Waals surface area (Å²) in [7, 11) is 0. The molecule has 1 unspecified atom stereocenters. The zero-order valence-electron chi connectivity index (χ0n) is 13.5. The van der Waals surface area contributed by atoms with Crippen LogP contribution >= 0.6 is 0 Å². The third-order valence-corrected chi connectivity index (χ3v) is 5.37. The standard InChI is InChI=1S/C19H20N4O/c1-2-4-16-14(3-1)15(11-20-16)17-5-6-19(22-21-17)24-18-12-23-9-7-13(18)8-10-23/h1-6,11,13,18,20H,7-10,12H2. The largest absolute Gasteiger partial charge is 0.472 e. The summed E-state index contributed by atoms with van der Waals surface area (Å²) in [6.45, 7) is 3.46. The summed E-state index contributed by atoms with van der Waals surface area (Å²) in [6.07, 6.45) is 4.74. The molecule has 122 valence electrons. The molecule has 6 rings (SSSR count). The van der Waals surface area contributed by atoms with E-state index in [1.165, 1.54) is 25.9 Å². The summed E-state index contributed by atoms with van der Waals surface area (Å²) < 4.78 is 6.13. The fourth-order valence-electron chi connectivity index (χ4n) is 4.01. The molecule has 0 spiro atoms. The van der Waals surface area contributed by atoms with Crippen LogP contribution in [0.25, 0.3) is 22.2 Å². The van der Waals surface area contributed by atoms with Crippen molar-refractivity contribution in [3.05, 3.63) is 42.6 Å². The van der Waals surface area contributed by atoms with Crippen molar-refractivity contribution >= 4 is 10.9 Å². The van der Waals surface area contributed by atoms with Crippen LogP contribution in [0, 0.1) is 5.92 Å². The van der Waals surface area contributed by atoms with Crippen molar-refractivity contribution < 1.29 is 4.74 Å². The molecule has 24 heavy (non-hydrogen) atoms. The van der Waals surface area contributed by atoms with Gasteiger partial charge in [0.2, 0.25) is 5.88 Å². The van der Waals surface area contributed by atoms with Crippen LogP contribution in [0.4, 0.5) is 0 Å². The molecule has 3 fully saturated rings. The van der Waals surface area contributed by atoms with Gasteiger partial charge in [0, 0.05) is 35.3 Å². The molecule has 0 aliphatic carbocycles. The van der Waals surface area contributed by atoms with E-state index in [9.17, 15) is 0 Å². The van der Waals surface area contributed by atoms with Crippen molar-refractivity contribution in [2.75, 3.05) is 19.6 Å². The Kier molecular flexibility index (Phi) is 3.26. The first-order valence-electron chi connectivity index (χ1n) is 8.66. The van der Waals surface area contributed by atoms with Crippen LogP contribution < -0.4 is 4.74 Å². The minimum Gasteiger partial charge on any atom is -0.472 e. The van der Waals surface area contributed by atoms with Crippen molar-refractivity contribution in [2.45, 2.75) is 18.9 Å². The van der Waals surface area contributed by atoms with Gasteiger partial charge in [0.15, 0.2) is 0 Å². The van der Waals surface area contributed by atoms with E-state index in [2.05, 4.69) is 32.2 Å². The quantitative estimate of drug-likeness (QED) is 0.806. The maximum absolute atomic E-state index is 6.13. The SMILES string of the molecule is c1ccc2c(-c3ccc(OC4CN5CCC4CC5)nn3)c[nH]c2c1. The summed E-state index contributed by atoms with van der Waals surface area (Å²) in [5, 5.41) is 9.87. The first-order chi connectivity index (χ1) is 11.9. The number of rotatable bonds is 3. The van der Waals surface area contributed by atoms with Gasteiger partial charge in [-0.15, -0.1) is 10.2 Å². The second-order valence-electron chi connectivity index (χ2n) is 6.80. The average molecular weight is 320 g/mol. The first-order valence-corrected chi connectivity index (χ1v) is 8.66. The molecule has 5 heterocycles. The average Bonchev–Trinajstić information content (AvgIpc) is 3.08. The molecule has 3 aliphatic rings. The molecule has 2 bridgehead atoms. The summed E-state index contributed by atoms with van der Waals surface area (Å²) in [5.41, 5.74) is 3.06. The summed E-state index contributed by atoms with van der Waals surface area (Å²) in [5.74, 6) is 1.31. The van der Waals surface area contributed by atoms with Crippen LogP contribution in [-0.2, 0) is 0 Å². The van der Waals surface area contributed by atoms with Crippen LogP contribution in [-0.4, -0.2) is 45.8 Å². The highest BCUT2D eigenvalue weighted by Crippen LogP contribution is 2.31. The number of ether oxygens (including phenoxy) is 1. The van der Waals surface area contributed by atoms with Crippen molar-refractivity contribution in [1.29, 1.82) is 0 Å². The van der Waals surface area contributed by atoms with Crippen molar-refractivity contribution in [3.63, 3.8) is 0 Å². The van der Waals surface area contributed by atoms with Gasteiger partial charge in [-0.25, -0.2) is 0 Å². The second-order valence-corrected chi connectivity index (χ2v) is 6.80. The number of hydrogen-bond acceptors (Lipinski definition) is 4. The van der Waals surface area contributed by atoms with Gasteiger partial charge in [0.05, 0.1) is 5.69 Å². The van der Waals surface area contributed by atoms with Crippen LogP contribution in [0.15, 0.2) is 42.6 Å². The highest BCUT2D eigenvalue weighted by Gasteiger charge is 2.35. The smallest absolute Gasteiger partial charge is 0.233 e. The Hall–Kier alpha value is -2.40. The van der Waals surface area contributed by atoms with Crippen molar-refractivity contribution in [2.24, 2.45) is 5.92 Å². The number of benzene rings is 1. The van der Waals surface area contributed by atoms with E-state index in [0.717, 1.165) is 28.7 Å². The number of hydrogen-bond donors (Lipinski definition) is 1. The molecule has 0 radical (unpaired) electrons. The van der Waals surface area contributed by atoms with Gasteiger partial charge in [-0.3, -0.25) is 4.90 Å². The van der Waals surface area contributed by atoms with E-state index in [1.54, 1.807) is 0 Å². The molecule has 3 aliphatic heterocycles. The topological polar surface area (TPSA) is 54.0 Å². The van der Waals surface area contributed by atoms with E-state index in [4.69, 9.17) is 4.74 Å². The van der Waals surface area contributed by atoms with Crippen LogP contribution in [0.1, 0.15) is 12.8 Å². The predicted molar refractivity (Wildman–Crippen MR) is 92.9 cm³/mol. The Labute approximate surface area is 140 Å². The van der Waals surface area contributed by atoms with E-state index in [1.807, 2.05) is 30.5 Å². The number of nitrogens with zero attached hydrogens (tertiary/aromatic N) is 3. The summed E-state index contributed by atoms with van der Waals surface area (Å²) in [6, 6.07) is 12.2. The van der Waals surface area contributed by atoms with Gasteiger partial charge >= 0.3 is 0 Å². The molecular weight excluding hydrogens is 300 g/mol. The molecule has 3 aromatic rings. The number of nitrogens with one attached hydrogen (secondary N) is 1. The van der Waals surface area contributed by atoms with Gasteiger partial charge < -0.3 is 9.72 Å². The molecule has 2 aromatic heterocycles. The maximum atomic E-state index is 6.13. The van der Waals surface area contributed by atoms with E-state index in [-0.39, 0.29) is 6.10 Å². The third kappa shape index (κ3) is 2.36. The minimum atomic E-state index is 0.265. The van der Waals surface area contributed by atoms with Crippen LogP contribution in [0.5, 0.6) is 5.88 Å². The van der Waals surface area contributed by atoms with Crippen LogP contribution in [0.2, 0.25) is 0 Å². The number of H-pyrrole nitrogens is 1. The normalized spacial score (nSPS) is 25.9. The Balaban J connectivity index is 1.37. The maximum Gasteiger partial charge on any atom is 0.233 e. The lowest BCUT2D eigenvalue weighted by molar-refractivity contribution is -0.0103. The van der Waals surface area contributed by atoms with E-state index < -0.39 is 0 Å². The van der Waals surface area contributed by atoms with Gasteiger partial charge in [-0.2, -0.15) is 0 Å². The van der Waals surface area contributed by atoms with Crippen molar-refractivity contribution in [3.8, 4) is 17.1 Å². The van der Waals surface area contributed by atoms with Gasteiger partial charge in [0.25, 0.3) is 0 Å². The fourth-order valence-corrected chi connectivity index (χ4v) is 4.01. The van der Waals surface area contributed by atoms with E-state index in [0.29, 0.717) is 11.8 Å². The lowest BCUT2D eigenvalue weighted by atomic mass is 9.86. The Morgan fingerprint density at radius 3 is 2.67 bits per heavy atom. The number of aromatic amines is 1. The zero-order valence-corrected chi connectivity index (χ0v) is 13.5. The molecule has 1 N–H and O–H groups in total. The molecule has 1 aromatic carbocycles. The predicted octanol–water partition coefficient (Wildman–Crippen LogP) is 3.10. The number of piperidine rings is 3. The number of aromatic nitrogens is 3. The van der Waals surface area contributed by atoms with Crippen molar-refractivity contribution in [1.82, 2.24) is 20.1 Å².